The quantitative estimate of drug-likeness (QED) is 0.545. The van der Waals surface area contributed by atoms with Crippen LogP contribution in [0, 0.1) is 0 Å². The third-order valence-electron chi connectivity index (χ3n) is 1.30. The summed E-state index contributed by atoms with van der Waals surface area (Å²) in [5, 5.41) is 0. The molecule has 1 N–H and O–H groups in total. The molecule has 0 amide bonds. The molecule has 2 nitrogen and oxygen atoms in total. The molecule has 0 fully saturated rings. The van der Waals surface area contributed by atoms with Crippen molar-refractivity contribution in [3.8, 4) is 0 Å². The van der Waals surface area contributed by atoms with Crippen molar-refractivity contribution in [2.24, 2.45) is 0 Å². The Morgan fingerprint density at radius 3 is 3.56 bits per heavy atom. The Morgan fingerprint density at radius 2 is 2.67 bits per heavy atom. The molecule has 2 rings (SSSR count). The van der Waals surface area contributed by atoms with E-state index < -0.39 is 0 Å². The van der Waals surface area contributed by atoms with Crippen LogP contribution in [-0.2, 0) is 6.54 Å². The van der Waals surface area contributed by atoms with E-state index in [0.29, 0.717) is 0 Å². The minimum absolute atomic E-state index is 0.952. The summed E-state index contributed by atoms with van der Waals surface area (Å²) >= 11 is 1.68. The minimum Gasteiger partial charge on any atom is -0.264 e. The maximum atomic E-state index is 4.00. The largest absolute Gasteiger partial charge is 0.264 e. The first-order valence-corrected chi connectivity index (χ1v) is 3.61. The predicted molar refractivity (Wildman–Crippen MR) is 36.9 cm³/mol. The average molecular weight is 138 g/mol. The van der Waals surface area contributed by atoms with Gasteiger partial charge in [-0.1, -0.05) is 0 Å². The number of nitrogens with zero attached hydrogens (tertiary/aromatic N) is 1. The molecule has 0 spiro atoms. The Balaban J connectivity index is 2.54. The topological polar surface area (TPSA) is 24.9 Å². The Labute approximate surface area is 57.8 Å². The van der Waals surface area contributed by atoms with E-state index in [9.17, 15) is 0 Å². The van der Waals surface area contributed by atoms with Crippen molar-refractivity contribution in [1.29, 1.82) is 0 Å². The summed E-state index contributed by atoms with van der Waals surface area (Å²) in [6, 6.07) is 2.03. The van der Waals surface area contributed by atoms with E-state index in [-0.39, 0.29) is 0 Å². The summed E-state index contributed by atoms with van der Waals surface area (Å²) in [5.41, 5.74) is 1.31. The Hall–Kier alpha value is -0.540. The first-order valence-electron chi connectivity index (χ1n) is 2.79. The summed E-state index contributed by atoms with van der Waals surface area (Å²) in [4.78, 5) is 5.31. The van der Waals surface area contributed by atoms with E-state index in [2.05, 4.69) is 9.71 Å². The highest BCUT2D eigenvalue weighted by molar-refractivity contribution is 7.97. The lowest BCUT2D eigenvalue weighted by atomic mass is 10.3. The van der Waals surface area contributed by atoms with Gasteiger partial charge in [0, 0.05) is 29.4 Å². The fourth-order valence-electron chi connectivity index (χ4n) is 0.838. The number of fused-ring (bicyclic) bond motifs is 1. The molecule has 46 valence electrons. The zero-order valence-corrected chi connectivity index (χ0v) is 5.61. The molecule has 0 radical (unpaired) electrons. The third kappa shape index (κ3) is 0.821. The van der Waals surface area contributed by atoms with Gasteiger partial charge in [-0.3, -0.25) is 9.71 Å². The van der Waals surface area contributed by atoms with E-state index in [1.807, 2.05) is 18.5 Å². The van der Waals surface area contributed by atoms with Gasteiger partial charge in [-0.05, 0) is 18.0 Å². The van der Waals surface area contributed by atoms with Crippen molar-refractivity contribution in [1.82, 2.24) is 9.71 Å². The SMILES string of the molecule is c1cc2c(cn1)CNS2. The van der Waals surface area contributed by atoms with Crippen molar-refractivity contribution in [3.63, 3.8) is 0 Å². The molecule has 1 aliphatic heterocycles. The molecule has 0 saturated carbocycles. The summed E-state index contributed by atoms with van der Waals surface area (Å²) < 4.78 is 3.16. The van der Waals surface area contributed by atoms with Crippen LogP contribution in [0.2, 0.25) is 0 Å². The summed E-state index contributed by atoms with van der Waals surface area (Å²) in [5.74, 6) is 0. The molecule has 0 aliphatic carbocycles. The maximum Gasteiger partial charge on any atom is 0.0340 e. The second-order valence-corrected chi connectivity index (χ2v) is 2.84. The smallest absolute Gasteiger partial charge is 0.0340 e. The molecule has 9 heavy (non-hydrogen) atoms. The van der Waals surface area contributed by atoms with Crippen LogP contribution in [-0.4, -0.2) is 4.98 Å². The van der Waals surface area contributed by atoms with Gasteiger partial charge in [0.25, 0.3) is 0 Å². The van der Waals surface area contributed by atoms with Gasteiger partial charge >= 0.3 is 0 Å². The normalized spacial score (nSPS) is 15.6. The second-order valence-electron chi connectivity index (χ2n) is 1.91. The molecule has 0 aromatic carbocycles. The first kappa shape index (κ1) is 5.26. The maximum absolute atomic E-state index is 4.00. The number of hydrogen-bond donors (Lipinski definition) is 1. The Morgan fingerprint density at radius 1 is 1.67 bits per heavy atom. The lowest BCUT2D eigenvalue weighted by molar-refractivity contribution is 0.978. The highest BCUT2D eigenvalue weighted by Gasteiger charge is 2.08. The van der Waals surface area contributed by atoms with Crippen LogP contribution < -0.4 is 4.72 Å². The van der Waals surface area contributed by atoms with Crippen LogP contribution >= 0.6 is 11.9 Å². The molecular formula is C6H6N2S. The molecule has 2 heterocycles. The highest BCUT2D eigenvalue weighted by atomic mass is 32.2. The molecule has 1 aromatic rings. The molecule has 0 unspecified atom stereocenters. The van der Waals surface area contributed by atoms with Crippen LogP contribution in [0.15, 0.2) is 23.4 Å². The fourth-order valence-corrected chi connectivity index (χ4v) is 1.61. The van der Waals surface area contributed by atoms with Crippen molar-refractivity contribution >= 4 is 11.9 Å². The zero-order valence-electron chi connectivity index (χ0n) is 4.79. The molecule has 0 bridgehead atoms. The van der Waals surface area contributed by atoms with Gasteiger partial charge in [0.15, 0.2) is 0 Å². The van der Waals surface area contributed by atoms with Gasteiger partial charge in [-0.15, -0.1) is 0 Å². The van der Waals surface area contributed by atoms with Crippen molar-refractivity contribution < 1.29 is 0 Å². The summed E-state index contributed by atoms with van der Waals surface area (Å²) in [6.07, 6.45) is 3.72. The molecule has 1 aliphatic rings. The van der Waals surface area contributed by atoms with Crippen molar-refractivity contribution in [2.75, 3.05) is 0 Å². The monoisotopic (exact) mass is 138 g/mol. The number of aromatic nitrogens is 1. The Bertz CT molecular complexity index is 201. The van der Waals surface area contributed by atoms with Gasteiger partial charge in [-0.2, -0.15) is 0 Å². The van der Waals surface area contributed by atoms with Gasteiger partial charge in [-0.25, -0.2) is 0 Å². The average Bonchev–Trinajstić information content (AvgIpc) is 2.33. The molecule has 3 heteroatoms. The number of pyridine rings is 1. The van der Waals surface area contributed by atoms with E-state index in [4.69, 9.17) is 0 Å². The number of nitrogens with one attached hydrogen (secondary N) is 1. The van der Waals surface area contributed by atoms with Crippen LogP contribution in [0.5, 0.6) is 0 Å². The highest BCUT2D eigenvalue weighted by Crippen LogP contribution is 2.24. The summed E-state index contributed by atoms with van der Waals surface area (Å²) in [6.45, 7) is 0.952. The zero-order chi connectivity index (χ0) is 6.10. The standard InChI is InChI=1S/C6H6N2S/c1-2-7-3-5-4-8-9-6(1)5/h1-3,8H,4H2. The van der Waals surface area contributed by atoms with E-state index >= 15 is 0 Å². The number of rotatable bonds is 0. The second kappa shape index (κ2) is 2.01. The summed E-state index contributed by atoms with van der Waals surface area (Å²) in [7, 11) is 0. The van der Waals surface area contributed by atoms with Crippen molar-refractivity contribution in [3.05, 3.63) is 24.0 Å². The van der Waals surface area contributed by atoms with Crippen LogP contribution in [0.4, 0.5) is 0 Å². The lowest BCUT2D eigenvalue weighted by Crippen LogP contribution is -1.91. The van der Waals surface area contributed by atoms with E-state index in [1.165, 1.54) is 10.5 Å². The molecule has 0 saturated heterocycles. The third-order valence-corrected chi connectivity index (χ3v) is 2.21. The predicted octanol–water partition coefficient (Wildman–Crippen LogP) is 1.19. The van der Waals surface area contributed by atoms with Crippen LogP contribution in [0.3, 0.4) is 0 Å². The van der Waals surface area contributed by atoms with Gasteiger partial charge < -0.3 is 0 Å². The first-order chi connectivity index (χ1) is 4.47. The van der Waals surface area contributed by atoms with E-state index in [1.54, 1.807) is 11.9 Å². The number of hydrogen-bond acceptors (Lipinski definition) is 3. The molecule has 1 aromatic heterocycles. The Kier molecular flexibility index (Phi) is 1.17. The van der Waals surface area contributed by atoms with E-state index in [0.717, 1.165) is 6.54 Å². The van der Waals surface area contributed by atoms with Gasteiger partial charge in [0.1, 0.15) is 0 Å². The van der Waals surface area contributed by atoms with Gasteiger partial charge in [0.05, 0.1) is 0 Å². The minimum atomic E-state index is 0.952. The van der Waals surface area contributed by atoms with Crippen molar-refractivity contribution in [2.45, 2.75) is 11.4 Å². The van der Waals surface area contributed by atoms with Gasteiger partial charge in [0.2, 0.25) is 0 Å². The molecular weight excluding hydrogens is 132 g/mol. The van der Waals surface area contributed by atoms with Crippen LogP contribution in [0.1, 0.15) is 5.56 Å². The fraction of sp³-hybridized carbons (Fsp3) is 0.167. The molecule has 0 atom stereocenters. The lowest BCUT2D eigenvalue weighted by Gasteiger charge is -1.89. The van der Waals surface area contributed by atoms with Crippen LogP contribution in [0.25, 0.3) is 0 Å².